The number of hydrogen-bond acceptors (Lipinski definition) is 7. The average molecular weight is 353 g/mol. The molecule has 128 valence electrons. The van der Waals surface area contributed by atoms with Crippen molar-refractivity contribution in [1.29, 1.82) is 0 Å². The summed E-state index contributed by atoms with van der Waals surface area (Å²) >= 11 is 1.01. The first-order valence-electron chi connectivity index (χ1n) is 6.83. The van der Waals surface area contributed by atoms with Crippen LogP contribution in [0.4, 0.5) is 0 Å². The molecule has 0 amide bonds. The van der Waals surface area contributed by atoms with Crippen LogP contribution in [-0.2, 0) is 20.8 Å². The number of nitrogens with one attached hydrogen (secondary N) is 1. The van der Waals surface area contributed by atoms with Crippen molar-refractivity contribution in [3.8, 4) is 0 Å². The summed E-state index contributed by atoms with van der Waals surface area (Å²) < 4.78 is 0. The Labute approximate surface area is 140 Å². The summed E-state index contributed by atoms with van der Waals surface area (Å²) in [5.41, 5.74) is 11.8. The van der Waals surface area contributed by atoms with Crippen molar-refractivity contribution in [1.82, 2.24) is 4.98 Å². The number of rotatable bonds is 7. The van der Waals surface area contributed by atoms with Gasteiger partial charge in [0.15, 0.2) is 0 Å². The fourth-order valence-corrected chi connectivity index (χ4v) is 3.22. The van der Waals surface area contributed by atoms with Gasteiger partial charge in [-0.1, -0.05) is 0 Å². The zero-order chi connectivity index (χ0) is 18.0. The van der Waals surface area contributed by atoms with Crippen LogP contribution in [0.15, 0.2) is 12.3 Å². The fourth-order valence-electron chi connectivity index (χ4n) is 2.15. The van der Waals surface area contributed by atoms with Gasteiger partial charge in [0.1, 0.15) is 12.1 Å². The lowest BCUT2D eigenvalue weighted by Crippen LogP contribution is -2.33. The highest BCUT2D eigenvalue weighted by molar-refractivity contribution is 8.08. The summed E-state index contributed by atoms with van der Waals surface area (Å²) in [6, 6.07) is -2.32. The Bertz CT molecular complexity index is 754. The molecular weight excluding hydrogens is 338 g/mol. The highest BCUT2D eigenvalue weighted by Crippen LogP contribution is 2.36. The molecule has 0 spiro atoms. The Morgan fingerprint density at radius 1 is 1.17 bits per heavy atom. The van der Waals surface area contributed by atoms with Gasteiger partial charge >= 0.3 is 11.9 Å². The van der Waals surface area contributed by atoms with Gasteiger partial charge in [0.25, 0.3) is 0 Å². The molecule has 0 aliphatic heterocycles. The van der Waals surface area contributed by atoms with E-state index in [0.29, 0.717) is 16.0 Å². The Morgan fingerprint density at radius 2 is 1.79 bits per heavy atom. The number of H-pyrrole nitrogens is 1. The summed E-state index contributed by atoms with van der Waals surface area (Å²) in [6.07, 6.45) is 2.48. The number of aromatic amines is 1. The van der Waals surface area contributed by atoms with Crippen LogP contribution in [0.2, 0.25) is 0 Å². The minimum absolute atomic E-state index is 0.0162. The van der Waals surface area contributed by atoms with E-state index in [1.54, 1.807) is 0 Å². The normalized spacial score (nSPS) is 16.3. The van der Waals surface area contributed by atoms with Gasteiger partial charge in [-0.3, -0.25) is 19.2 Å². The van der Waals surface area contributed by atoms with Crippen molar-refractivity contribution >= 4 is 40.2 Å². The lowest BCUT2D eigenvalue weighted by molar-refractivity contribution is -0.139. The van der Waals surface area contributed by atoms with Gasteiger partial charge in [-0.2, -0.15) is 0 Å². The summed E-state index contributed by atoms with van der Waals surface area (Å²) in [7, 11) is 0. The number of carboxylic acid groups (broad SMARTS) is 2. The number of allylic oxidation sites excluding steroid dienone is 1. The molecule has 10 heteroatoms. The van der Waals surface area contributed by atoms with Crippen molar-refractivity contribution < 1.29 is 29.4 Å². The van der Waals surface area contributed by atoms with Crippen LogP contribution in [-0.4, -0.2) is 56.5 Å². The van der Waals surface area contributed by atoms with E-state index in [2.05, 4.69) is 4.98 Å². The third kappa shape index (κ3) is 3.55. The predicted octanol–water partition coefficient (Wildman–Crippen LogP) is -0.779. The molecule has 7 N–H and O–H groups in total. The highest BCUT2D eigenvalue weighted by atomic mass is 32.2. The molecule has 1 aliphatic carbocycles. The Kier molecular flexibility index (Phi) is 5.22. The standard InChI is InChI=1S/C14H15N3O6S/c15-6(13(20)21)1-5-3-17-11-10(5)9(2-8(18)12(11)19)24-4-7(16)14(22)23/h2-3,6-7,17H,1,4,15-16H2,(H,20,21)(H,22,23)/t6-,7-/m0/s1. The number of ketones is 2. The zero-order valence-electron chi connectivity index (χ0n) is 12.3. The molecule has 0 radical (unpaired) electrons. The molecule has 0 aromatic carbocycles. The van der Waals surface area contributed by atoms with E-state index in [4.69, 9.17) is 21.7 Å². The summed E-state index contributed by atoms with van der Waals surface area (Å²) in [5, 5.41) is 17.8. The largest absolute Gasteiger partial charge is 0.480 e. The molecule has 9 nitrogen and oxygen atoms in total. The molecule has 24 heavy (non-hydrogen) atoms. The predicted molar refractivity (Wildman–Crippen MR) is 85.5 cm³/mol. The lowest BCUT2D eigenvalue weighted by atomic mass is 9.96. The van der Waals surface area contributed by atoms with Crippen molar-refractivity contribution in [3.63, 3.8) is 0 Å². The van der Waals surface area contributed by atoms with Crippen molar-refractivity contribution in [2.45, 2.75) is 18.5 Å². The minimum Gasteiger partial charge on any atom is -0.480 e. The molecular formula is C14H15N3O6S. The van der Waals surface area contributed by atoms with E-state index in [1.807, 2.05) is 0 Å². The number of thioether (sulfide) groups is 1. The number of nitrogens with two attached hydrogens (primary N) is 2. The monoisotopic (exact) mass is 353 g/mol. The van der Waals surface area contributed by atoms with Crippen LogP contribution in [0, 0.1) is 0 Å². The van der Waals surface area contributed by atoms with Gasteiger partial charge in [-0.05, 0) is 5.56 Å². The zero-order valence-corrected chi connectivity index (χ0v) is 13.1. The van der Waals surface area contributed by atoms with Gasteiger partial charge in [0, 0.05) is 34.9 Å². The first kappa shape index (κ1) is 17.9. The molecule has 0 bridgehead atoms. The van der Waals surface area contributed by atoms with Crippen LogP contribution in [0.5, 0.6) is 0 Å². The number of Topliss-reactive ketones (excluding diaryl/α,β-unsaturated/α-hetero) is 1. The lowest BCUT2D eigenvalue weighted by Gasteiger charge is -2.16. The van der Waals surface area contributed by atoms with Gasteiger partial charge in [0.05, 0.1) is 5.69 Å². The Morgan fingerprint density at radius 3 is 2.38 bits per heavy atom. The molecule has 1 aromatic heterocycles. The topological polar surface area (TPSA) is 177 Å². The van der Waals surface area contributed by atoms with Crippen molar-refractivity contribution in [3.05, 3.63) is 29.1 Å². The number of aliphatic carboxylic acids is 2. The average Bonchev–Trinajstić information content (AvgIpc) is 2.93. The molecule has 2 rings (SSSR count). The van der Waals surface area contributed by atoms with Gasteiger partial charge in [-0.15, -0.1) is 11.8 Å². The summed E-state index contributed by atoms with van der Waals surface area (Å²) in [6.45, 7) is 0. The maximum Gasteiger partial charge on any atom is 0.321 e. The van der Waals surface area contributed by atoms with Crippen LogP contribution in [0.25, 0.3) is 4.91 Å². The highest BCUT2D eigenvalue weighted by Gasteiger charge is 2.31. The maximum absolute atomic E-state index is 11.9. The second-order valence-corrected chi connectivity index (χ2v) is 6.23. The minimum atomic E-state index is -1.20. The Balaban J connectivity index is 2.33. The molecule has 0 unspecified atom stereocenters. The van der Waals surface area contributed by atoms with E-state index >= 15 is 0 Å². The summed E-state index contributed by atoms with van der Waals surface area (Å²) in [4.78, 5) is 48.5. The number of carbonyl (C=O) groups is 4. The molecule has 1 aliphatic rings. The second-order valence-electron chi connectivity index (χ2n) is 5.17. The van der Waals surface area contributed by atoms with Gasteiger partial charge in [0.2, 0.25) is 11.6 Å². The first-order chi connectivity index (χ1) is 11.2. The quantitative estimate of drug-likeness (QED) is 0.393. The molecule has 0 fully saturated rings. The van der Waals surface area contributed by atoms with Gasteiger partial charge < -0.3 is 26.7 Å². The fraction of sp³-hybridized carbons (Fsp3) is 0.286. The van der Waals surface area contributed by atoms with E-state index in [1.165, 1.54) is 6.20 Å². The van der Waals surface area contributed by atoms with E-state index in [-0.39, 0.29) is 17.9 Å². The number of hydrogen-bond donors (Lipinski definition) is 5. The first-order valence-corrected chi connectivity index (χ1v) is 7.81. The SMILES string of the molecule is N[C@@H](CSC1=CC(=O)C(=O)c2[nH]cc(C[C@H](N)C(=O)O)c21)C(=O)O. The Hall–Kier alpha value is -2.43. The molecule has 1 heterocycles. The smallest absolute Gasteiger partial charge is 0.321 e. The van der Waals surface area contributed by atoms with Gasteiger partial charge in [-0.25, -0.2) is 0 Å². The third-order valence-corrected chi connectivity index (χ3v) is 4.57. The van der Waals surface area contributed by atoms with Crippen molar-refractivity contribution in [2.75, 3.05) is 5.75 Å². The maximum atomic E-state index is 11.9. The number of carbonyl (C=O) groups excluding carboxylic acids is 2. The molecule has 0 saturated heterocycles. The number of carboxylic acids is 2. The second kappa shape index (κ2) is 6.99. The van der Waals surface area contributed by atoms with E-state index in [0.717, 1.165) is 17.8 Å². The molecule has 1 aromatic rings. The van der Waals surface area contributed by atoms with E-state index < -0.39 is 35.6 Å². The summed E-state index contributed by atoms with van der Waals surface area (Å²) in [5.74, 6) is -3.90. The molecule has 0 saturated carbocycles. The number of aromatic nitrogens is 1. The van der Waals surface area contributed by atoms with E-state index in [9.17, 15) is 19.2 Å². The van der Waals surface area contributed by atoms with Crippen LogP contribution in [0.1, 0.15) is 21.6 Å². The third-order valence-electron chi connectivity index (χ3n) is 3.41. The van der Waals surface area contributed by atoms with Crippen molar-refractivity contribution in [2.24, 2.45) is 11.5 Å². The number of fused-ring (bicyclic) bond motifs is 1. The molecule has 2 atom stereocenters. The van der Waals surface area contributed by atoms with Crippen LogP contribution >= 0.6 is 11.8 Å². The van der Waals surface area contributed by atoms with Crippen LogP contribution < -0.4 is 11.5 Å². The van der Waals surface area contributed by atoms with Crippen LogP contribution in [0.3, 0.4) is 0 Å².